The molecule has 0 bridgehead atoms. The molecule has 4 nitrogen and oxygen atoms in total. The quantitative estimate of drug-likeness (QED) is 0.756. The van der Waals surface area contributed by atoms with Crippen molar-refractivity contribution in [1.82, 2.24) is 14.9 Å². The van der Waals surface area contributed by atoms with Crippen molar-refractivity contribution in [2.75, 3.05) is 6.54 Å². The third-order valence-corrected chi connectivity index (χ3v) is 5.22. The second-order valence-electron chi connectivity index (χ2n) is 7.44. The number of hydrogen-bond donors (Lipinski definition) is 1. The number of benzene rings is 1. The average Bonchev–Trinajstić information content (AvgIpc) is 3.14. The Hall–Kier alpha value is -2.14. The molecule has 3 rings (SSSR count). The van der Waals surface area contributed by atoms with Crippen LogP contribution in [0.2, 0.25) is 0 Å². The van der Waals surface area contributed by atoms with Crippen LogP contribution in [0, 0.1) is 0 Å². The highest BCUT2D eigenvalue weighted by Crippen LogP contribution is 2.24. The van der Waals surface area contributed by atoms with Gasteiger partial charge in [-0.3, -0.25) is 4.79 Å². The molecule has 0 aliphatic rings. The standard InChI is InChI=1S/C20H25N3OS/c1-20(2,3)17-13-25-19(22-17)9-10-21-18(24)11-14-12-23(4)16-8-6-5-7-15(14)16/h5-8,12-13H,9-11H2,1-4H3,(H,21,24). The summed E-state index contributed by atoms with van der Waals surface area (Å²) in [5.74, 6) is 0.0592. The lowest BCUT2D eigenvalue weighted by atomic mass is 9.93. The van der Waals surface area contributed by atoms with E-state index in [0.717, 1.165) is 33.6 Å². The van der Waals surface area contributed by atoms with Gasteiger partial charge in [-0.15, -0.1) is 11.3 Å². The highest BCUT2D eigenvalue weighted by molar-refractivity contribution is 7.09. The van der Waals surface area contributed by atoms with Gasteiger partial charge >= 0.3 is 0 Å². The Morgan fingerprint density at radius 2 is 2.04 bits per heavy atom. The minimum Gasteiger partial charge on any atom is -0.355 e. The zero-order chi connectivity index (χ0) is 18.0. The molecule has 0 saturated carbocycles. The lowest BCUT2D eigenvalue weighted by Gasteiger charge is -2.14. The topological polar surface area (TPSA) is 46.9 Å². The lowest BCUT2D eigenvalue weighted by molar-refractivity contribution is -0.120. The number of aryl methyl sites for hydroxylation is 1. The maximum Gasteiger partial charge on any atom is 0.224 e. The van der Waals surface area contributed by atoms with Crippen molar-refractivity contribution in [3.05, 3.63) is 52.1 Å². The fraction of sp³-hybridized carbons (Fsp3) is 0.400. The highest BCUT2D eigenvalue weighted by atomic mass is 32.1. The summed E-state index contributed by atoms with van der Waals surface area (Å²) in [4.78, 5) is 17.0. The van der Waals surface area contributed by atoms with Gasteiger partial charge in [0.25, 0.3) is 0 Å². The van der Waals surface area contributed by atoms with E-state index in [1.165, 1.54) is 0 Å². The first kappa shape index (κ1) is 17.7. The summed E-state index contributed by atoms with van der Waals surface area (Å²) in [6, 6.07) is 8.18. The first-order chi connectivity index (χ1) is 11.8. The van der Waals surface area contributed by atoms with Crippen LogP contribution in [0.1, 0.15) is 37.0 Å². The van der Waals surface area contributed by atoms with Gasteiger partial charge in [0, 0.05) is 47.9 Å². The van der Waals surface area contributed by atoms with Crippen molar-refractivity contribution in [3.63, 3.8) is 0 Å². The lowest BCUT2D eigenvalue weighted by Crippen LogP contribution is -2.27. The van der Waals surface area contributed by atoms with E-state index in [0.29, 0.717) is 13.0 Å². The Morgan fingerprint density at radius 3 is 2.76 bits per heavy atom. The maximum absolute atomic E-state index is 12.3. The van der Waals surface area contributed by atoms with Crippen LogP contribution in [0.15, 0.2) is 35.8 Å². The van der Waals surface area contributed by atoms with Crippen LogP contribution >= 0.6 is 11.3 Å². The molecular formula is C20H25N3OS. The average molecular weight is 356 g/mol. The van der Waals surface area contributed by atoms with Crippen LogP contribution in [0.4, 0.5) is 0 Å². The van der Waals surface area contributed by atoms with Crippen LogP contribution in [-0.4, -0.2) is 22.0 Å². The molecular weight excluding hydrogens is 330 g/mol. The summed E-state index contributed by atoms with van der Waals surface area (Å²) >= 11 is 1.67. The van der Waals surface area contributed by atoms with Gasteiger partial charge in [-0.2, -0.15) is 0 Å². The molecule has 0 radical (unpaired) electrons. The van der Waals surface area contributed by atoms with E-state index in [1.807, 2.05) is 25.4 Å². The number of carbonyl (C=O) groups excluding carboxylic acids is 1. The van der Waals surface area contributed by atoms with Gasteiger partial charge in [0.05, 0.1) is 17.1 Å². The summed E-state index contributed by atoms with van der Waals surface area (Å²) in [6.07, 6.45) is 3.23. The first-order valence-corrected chi connectivity index (χ1v) is 9.47. The van der Waals surface area contributed by atoms with Gasteiger partial charge in [-0.1, -0.05) is 39.0 Å². The predicted octanol–water partition coefficient (Wildman–Crippen LogP) is 3.83. The largest absolute Gasteiger partial charge is 0.355 e. The third-order valence-electron chi connectivity index (χ3n) is 4.31. The number of para-hydroxylation sites is 1. The minimum atomic E-state index is 0.0592. The van der Waals surface area contributed by atoms with E-state index in [1.54, 1.807) is 11.3 Å². The van der Waals surface area contributed by atoms with Crippen LogP contribution in [0.25, 0.3) is 10.9 Å². The van der Waals surface area contributed by atoms with Crippen molar-refractivity contribution in [1.29, 1.82) is 0 Å². The Balaban J connectivity index is 1.55. The summed E-state index contributed by atoms with van der Waals surface area (Å²) in [6.45, 7) is 7.12. The molecule has 1 aromatic carbocycles. The Labute approximate surface area is 152 Å². The zero-order valence-corrected chi connectivity index (χ0v) is 16.1. The molecule has 2 heterocycles. The van der Waals surface area contributed by atoms with Gasteiger partial charge in [-0.25, -0.2) is 4.98 Å². The molecule has 0 saturated heterocycles. The van der Waals surface area contributed by atoms with Crippen LogP contribution in [0.5, 0.6) is 0 Å². The number of aromatic nitrogens is 2. The van der Waals surface area contributed by atoms with E-state index in [9.17, 15) is 4.79 Å². The highest BCUT2D eigenvalue weighted by Gasteiger charge is 2.17. The van der Waals surface area contributed by atoms with E-state index >= 15 is 0 Å². The molecule has 25 heavy (non-hydrogen) atoms. The molecule has 0 fully saturated rings. The van der Waals surface area contributed by atoms with Crippen LogP contribution < -0.4 is 5.32 Å². The molecule has 5 heteroatoms. The second-order valence-corrected chi connectivity index (χ2v) is 8.38. The number of amides is 1. The Bertz CT molecular complexity index is 886. The van der Waals surface area contributed by atoms with E-state index < -0.39 is 0 Å². The SMILES string of the molecule is Cn1cc(CC(=O)NCCc2nc(C(C)(C)C)cs2)c2ccccc21. The maximum atomic E-state index is 12.3. The molecule has 3 aromatic rings. The van der Waals surface area contributed by atoms with Gasteiger partial charge in [0.15, 0.2) is 0 Å². The van der Waals surface area contributed by atoms with Gasteiger partial charge < -0.3 is 9.88 Å². The zero-order valence-electron chi connectivity index (χ0n) is 15.3. The fourth-order valence-electron chi connectivity index (χ4n) is 2.88. The summed E-state index contributed by atoms with van der Waals surface area (Å²) in [7, 11) is 2.01. The number of carbonyl (C=O) groups is 1. The molecule has 0 spiro atoms. The molecule has 1 N–H and O–H groups in total. The Kier molecular flexibility index (Phi) is 4.95. The van der Waals surface area contributed by atoms with E-state index in [-0.39, 0.29) is 11.3 Å². The second kappa shape index (κ2) is 7.00. The monoisotopic (exact) mass is 355 g/mol. The summed E-state index contributed by atoms with van der Waals surface area (Å²) in [5, 5.41) is 7.37. The first-order valence-electron chi connectivity index (χ1n) is 8.59. The number of fused-ring (bicyclic) bond motifs is 1. The van der Waals surface area contributed by atoms with Crippen molar-refractivity contribution in [2.24, 2.45) is 7.05 Å². The van der Waals surface area contributed by atoms with Gasteiger partial charge in [0.2, 0.25) is 5.91 Å². The number of hydrogen-bond acceptors (Lipinski definition) is 3. The molecule has 0 aliphatic carbocycles. The van der Waals surface area contributed by atoms with E-state index in [2.05, 4.69) is 53.2 Å². The van der Waals surface area contributed by atoms with Crippen molar-refractivity contribution < 1.29 is 4.79 Å². The van der Waals surface area contributed by atoms with Gasteiger partial charge in [0.1, 0.15) is 0 Å². The van der Waals surface area contributed by atoms with Crippen molar-refractivity contribution in [3.8, 4) is 0 Å². The normalized spacial score (nSPS) is 11.8. The van der Waals surface area contributed by atoms with Crippen molar-refractivity contribution in [2.45, 2.75) is 39.0 Å². The molecule has 2 aromatic heterocycles. The Morgan fingerprint density at radius 1 is 1.28 bits per heavy atom. The number of nitrogens with one attached hydrogen (secondary N) is 1. The van der Waals surface area contributed by atoms with E-state index in [4.69, 9.17) is 0 Å². The predicted molar refractivity (Wildman–Crippen MR) is 104 cm³/mol. The van der Waals surface area contributed by atoms with Crippen molar-refractivity contribution >= 4 is 28.1 Å². The minimum absolute atomic E-state index is 0.0592. The van der Waals surface area contributed by atoms with Crippen LogP contribution in [-0.2, 0) is 30.1 Å². The number of rotatable bonds is 5. The molecule has 0 unspecified atom stereocenters. The number of nitrogens with zero attached hydrogens (tertiary/aromatic N) is 2. The van der Waals surface area contributed by atoms with Gasteiger partial charge in [-0.05, 0) is 11.6 Å². The molecule has 132 valence electrons. The fourth-order valence-corrected chi connectivity index (χ4v) is 3.91. The third kappa shape index (κ3) is 4.10. The van der Waals surface area contributed by atoms with Crippen LogP contribution in [0.3, 0.4) is 0 Å². The number of thiazole rings is 1. The molecule has 0 atom stereocenters. The molecule has 1 amide bonds. The smallest absolute Gasteiger partial charge is 0.224 e. The molecule has 0 aliphatic heterocycles. The summed E-state index contributed by atoms with van der Waals surface area (Å²) in [5.41, 5.74) is 3.42. The summed E-state index contributed by atoms with van der Waals surface area (Å²) < 4.78 is 2.07.